The summed E-state index contributed by atoms with van der Waals surface area (Å²) in [6, 6.07) is 17.8. The van der Waals surface area contributed by atoms with Crippen LogP contribution in [0, 0.1) is 0 Å². The summed E-state index contributed by atoms with van der Waals surface area (Å²) < 4.78 is 5.70. The average molecular weight is 376 g/mol. The van der Waals surface area contributed by atoms with Crippen LogP contribution < -0.4 is 19.9 Å². The van der Waals surface area contributed by atoms with Gasteiger partial charge in [0.2, 0.25) is 0 Å². The zero-order chi connectivity index (χ0) is 19.0. The molecular weight excluding hydrogens is 352 g/mol. The Labute approximate surface area is 165 Å². The van der Waals surface area contributed by atoms with E-state index < -0.39 is 0 Å². The van der Waals surface area contributed by atoms with E-state index in [-0.39, 0.29) is 0 Å². The first kappa shape index (κ1) is 18.0. The number of aromatic nitrogens is 3. The fourth-order valence-corrected chi connectivity index (χ4v) is 3.19. The van der Waals surface area contributed by atoms with Gasteiger partial charge in [-0.2, -0.15) is 0 Å². The topological polar surface area (TPSA) is 66.4 Å². The van der Waals surface area contributed by atoms with E-state index in [4.69, 9.17) is 4.74 Å². The molecule has 1 N–H and O–H groups in total. The maximum Gasteiger partial charge on any atom is 0.134 e. The lowest BCUT2D eigenvalue weighted by molar-refractivity contribution is 0.333. The number of anilines is 3. The van der Waals surface area contributed by atoms with E-state index in [1.54, 1.807) is 6.33 Å². The first-order chi connectivity index (χ1) is 13.9. The highest BCUT2D eigenvalue weighted by Gasteiger charge is 2.19. The molecule has 2 aromatic heterocycles. The molecule has 0 atom stereocenters. The van der Waals surface area contributed by atoms with Gasteiger partial charge in [0, 0.05) is 38.4 Å². The summed E-state index contributed by atoms with van der Waals surface area (Å²) in [6.45, 7) is 4.92. The maximum absolute atomic E-state index is 5.70. The summed E-state index contributed by atoms with van der Waals surface area (Å²) in [7, 11) is 0. The molecule has 3 heterocycles. The summed E-state index contributed by atoms with van der Waals surface area (Å²) in [5, 5.41) is 3.31. The van der Waals surface area contributed by atoms with Crippen LogP contribution >= 0.6 is 0 Å². The van der Waals surface area contributed by atoms with E-state index in [1.165, 1.54) is 0 Å². The monoisotopic (exact) mass is 376 g/mol. The Morgan fingerprint density at radius 3 is 2.32 bits per heavy atom. The van der Waals surface area contributed by atoms with Gasteiger partial charge in [0.1, 0.15) is 36.1 Å². The van der Waals surface area contributed by atoms with Gasteiger partial charge in [-0.15, -0.1) is 0 Å². The zero-order valence-electron chi connectivity index (χ0n) is 15.7. The highest BCUT2D eigenvalue weighted by atomic mass is 16.5. The van der Waals surface area contributed by atoms with Crippen molar-refractivity contribution in [1.29, 1.82) is 0 Å². The van der Waals surface area contributed by atoms with Crippen molar-refractivity contribution in [3.05, 3.63) is 67.1 Å². The van der Waals surface area contributed by atoms with Crippen LogP contribution in [0.2, 0.25) is 0 Å². The molecule has 1 saturated heterocycles. The van der Waals surface area contributed by atoms with Gasteiger partial charge in [0.15, 0.2) is 0 Å². The van der Waals surface area contributed by atoms with Crippen LogP contribution in [0.25, 0.3) is 0 Å². The Kier molecular flexibility index (Phi) is 5.82. The largest absolute Gasteiger partial charge is 0.492 e. The molecule has 0 radical (unpaired) electrons. The van der Waals surface area contributed by atoms with Crippen molar-refractivity contribution in [3.8, 4) is 5.75 Å². The number of hydrogen-bond acceptors (Lipinski definition) is 7. The minimum Gasteiger partial charge on any atom is -0.492 e. The van der Waals surface area contributed by atoms with Gasteiger partial charge in [-0.3, -0.25) is 0 Å². The second kappa shape index (κ2) is 9.03. The van der Waals surface area contributed by atoms with Crippen LogP contribution in [-0.2, 0) is 0 Å². The third-order valence-electron chi connectivity index (χ3n) is 4.65. The Hall–Kier alpha value is -3.35. The summed E-state index contributed by atoms with van der Waals surface area (Å²) >= 11 is 0. The Balaban J connectivity index is 1.27. The lowest BCUT2D eigenvalue weighted by atomic mass is 10.3. The van der Waals surface area contributed by atoms with Gasteiger partial charge >= 0.3 is 0 Å². The molecule has 1 aliphatic rings. The van der Waals surface area contributed by atoms with Crippen molar-refractivity contribution in [2.24, 2.45) is 0 Å². The second-order valence-corrected chi connectivity index (χ2v) is 6.51. The number of ether oxygens (including phenoxy) is 1. The van der Waals surface area contributed by atoms with Crippen LogP contribution in [-0.4, -0.2) is 54.3 Å². The number of para-hydroxylation sites is 1. The van der Waals surface area contributed by atoms with Crippen LogP contribution in [0.5, 0.6) is 5.75 Å². The number of hydrogen-bond donors (Lipinski definition) is 1. The molecule has 3 aromatic rings. The number of piperazine rings is 1. The van der Waals surface area contributed by atoms with Crippen molar-refractivity contribution in [2.45, 2.75) is 0 Å². The molecule has 0 unspecified atom stereocenters. The third kappa shape index (κ3) is 4.68. The zero-order valence-corrected chi connectivity index (χ0v) is 15.7. The first-order valence-corrected chi connectivity index (χ1v) is 9.53. The molecule has 144 valence electrons. The van der Waals surface area contributed by atoms with Crippen LogP contribution in [0.15, 0.2) is 67.1 Å². The molecular formula is C21H24N6O. The van der Waals surface area contributed by atoms with E-state index in [0.29, 0.717) is 13.2 Å². The Morgan fingerprint density at radius 2 is 1.57 bits per heavy atom. The standard InChI is InChI=1S/C21H24N6O/c1-2-6-18(7-3-1)28-15-10-22-19-16-21(25-17-24-19)27-13-11-26(12-14-27)20-8-4-5-9-23-20/h1-9,16-17H,10-15H2,(H,22,24,25). The average Bonchev–Trinajstić information content (AvgIpc) is 2.78. The molecule has 0 aliphatic carbocycles. The number of rotatable bonds is 7. The molecule has 7 heteroatoms. The highest BCUT2D eigenvalue weighted by Crippen LogP contribution is 2.18. The van der Waals surface area contributed by atoms with Crippen LogP contribution in [0.1, 0.15) is 0 Å². The fraction of sp³-hybridized carbons (Fsp3) is 0.286. The van der Waals surface area contributed by atoms with Crippen LogP contribution in [0.4, 0.5) is 17.5 Å². The quantitative estimate of drug-likeness (QED) is 0.636. The highest BCUT2D eigenvalue weighted by molar-refractivity contribution is 5.50. The van der Waals surface area contributed by atoms with Crippen molar-refractivity contribution in [2.75, 3.05) is 54.4 Å². The second-order valence-electron chi connectivity index (χ2n) is 6.51. The summed E-state index contributed by atoms with van der Waals surface area (Å²) in [5.74, 6) is 3.67. The summed E-state index contributed by atoms with van der Waals surface area (Å²) in [4.78, 5) is 17.8. The molecule has 0 saturated carbocycles. The van der Waals surface area contributed by atoms with E-state index in [1.807, 2.05) is 54.7 Å². The van der Waals surface area contributed by atoms with Crippen LogP contribution in [0.3, 0.4) is 0 Å². The number of nitrogens with one attached hydrogen (secondary N) is 1. The smallest absolute Gasteiger partial charge is 0.134 e. The predicted octanol–water partition coefficient (Wildman–Crippen LogP) is 2.69. The van der Waals surface area contributed by atoms with Crippen molar-refractivity contribution in [1.82, 2.24) is 15.0 Å². The molecule has 0 bridgehead atoms. The van der Waals surface area contributed by atoms with Gasteiger partial charge in [0.05, 0.1) is 6.54 Å². The SMILES string of the molecule is c1ccc(OCCNc2cc(N3CCN(c4ccccn4)CC3)ncn2)cc1. The summed E-state index contributed by atoms with van der Waals surface area (Å²) in [5.41, 5.74) is 0. The van der Waals surface area contributed by atoms with Gasteiger partial charge in [0.25, 0.3) is 0 Å². The normalized spacial score (nSPS) is 14.0. The van der Waals surface area contributed by atoms with E-state index in [9.17, 15) is 0 Å². The minimum atomic E-state index is 0.575. The molecule has 7 nitrogen and oxygen atoms in total. The molecule has 0 spiro atoms. The molecule has 4 rings (SSSR count). The lowest BCUT2D eigenvalue weighted by Crippen LogP contribution is -2.47. The third-order valence-corrected chi connectivity index (χ3v) is 4.65. The van der Waals surface area contributed by atoms with Gasteiger partial charge in [-0.25, -0.2) is 15.0 Å². The van der Waals surface area contributed by atoms with Gasteiger partial charge < -0.3 is 19.9 Å². The fourth-order valence-electron chi connectivity index (χ4n) is 3.19. The Morgan fingerprint density at radius 1 is 0.821 bits per heavy atom. The first-order valence-electron chi connectivity index (χ1n) is 9.53. The Bertz CT molecular complexity index is 853. The van der Waals surface area contributed by atoms with Crippen molar-refractivity contribution >= 4 is 17.5 Å². The molecule has 1 aromatic carbocycles. The predicted molar refractivity (Wildman–Crippen MR) is 111 cm³/mol. The molecule has 28 heavy (non-hydrogen) atoms. The molecule has 0 amide bonds. The number of nitrogens with zero attached hydrogens (tertiary/aromatic N) is 5. The minimum absolute atomic E-state index is 0.575. The summed E-state index contributed by atoms with van der Waals surface area (Å²) in [6.07, 6.45) is 3.45. The van der Waals surface area contributed by atoms with Crippen molar-refractivity contribution < 1.29 is 4.74 Å². The lowest BCUT2D eigenvalue weighted by Gasteiger charge is -2.36. The molecule has 1 aliphatic heterocycles. The van der Waals surface area contributed by atoms with Gasteiger partial charge in [-0.05, 0) is 24.3 Å². The maximum atomic E-state index is 5.70. The van der Waals surface area contributed by atoms with Gasteiger partial charge in [-0.1, -0.05) is 24.3 Å². The van der Waals surface area contributed by atoms with E-state index in [2.05, 4.69) is 36.1 Å². The molecule has 1 fully saturated rings. The van der Waals surface area contributed by atoms with E-state index >= 15 is 0 Å². The number of benzene rings is 1. The van der Waals surface area contributed by atoms with Crippen molar-refractivity contribution in [3.63, 3.8) is 0 Å². The number of pyridine rings is 1. The van der Waals surface area contributed by atoms with E-state index in [0.717, 1.165) is 49.4 Å².